The normalized spacial score (nSPS) is 13.5. The number of carboxylic acids is 1. The van der Waals surface area contributed by atoms with Gasteiger partial charge in [0.25, 0.3) is 0 Å². The number of rotatable bonds is 6. The second kappa shape index (κ2) is 6.49. The number of aliphatic carboxylic acids is 1. The molecule has 0 saturated heterocycles. The summed E-state index contributed by atoms with van der Waals surface area (Å²) in [6, 6.07) is 16.6. The molecule has 0 aliphatic heterocycles. The summed E-state index contributed by atoms with van der Waals surface area (Å²) < 4.78 is 0. The third-order valence-electron chi connectivity index (χ3n) is 4.05. The molecule has 0 radical (unpaired) electrons. The van der Waals surface area contributed by atoms with E-state index in [2.05, 4.69) is 22.6 Å². The molecule has 1 unspecified atom stereocenters. The molecule has 1 atom stereocenters. The Labute approximate surface area is 144 Å². The molecular weight excluding hydrogens is 324 g/mol. The first kappa shape index (κ1) is 16.3. The van der Waals surface area contributed by atoms with Crippen LogP contribution in [0.15, 0.2) is 54.6 Å². The van der Waals surface area contributed by atoms with Gasteiger partial charge in [-0.15, -0.1) is 12.6 Å². The number of benzene rings is 2. The first-order chi connectivity index (χ1) is 11.5. The number of para-hydroxylation sites is 2. The molecule has 0 amide bonds. The molecule has 3 aromatic rings. The average molecular weight is 340 g/mol. The van der Waals surface area contributed by atoms with E-state index in [9.17, 15) is 14.7 Å². The van der Waals surface area contributed by atoms with Crippen LogP contribution in [0.4, 0.5) is 0 Å². The van der Waals surface area contributed by atoms with Crippen LogP contribution in [0.3, 0.4) is 0 Å². The number of aromatic nitrogens is 2. The van der Waals surface area contributed by atoms with Crippen LogP contribution in [0.5, 0.6) is 0 Å². The van der Waals surface area contributed by atoms with Crippen LogP contribution in [0.25, 0.3) is 11.0 Å². The molecule has 0 aliphatic carbocycles. The summed E-state index contributed by atoms with van der Waals surface area (Å²) >= 11 is 4.01. The topological polar surface area (TPSA) is 83.0 Å². The van der Waals surface area contributed by atoms with Gasteiger partial charge in [-0.05, 0) is 24.1 Å². The Balaban J connectivity index is 2.15. The molecule has 3 rings (SSSR count). The summed E-state index contributed by atoms with van der Waals surface area (Å²) in [6.45, 7) is 0. The Bertz CT molecular complexity index is 858. The largest absolute Gasteiger partial charge is 0.481 e. The molecule has 0 bridgehead atoms. The minimum absolute atomic E-state index is 0.211. The van der Waals surface area contributed by atoms with Gasteiger partial charge in [0.2, 0.25) is 5.12 Å². The van der Waals surface area contributed by atoms with Crippen molar-refractivity contribution < 1.29 is 14.7 Å². The summed E-state index contributed by atoms with van der Waals surface area (Å²) in [6.07, 6.45) is -0.174. The summed E-state index contributed by atoms with van der Waals surface area (Å²) in [4.78, 5) is 31.5. The molecular formula is C18H16N2O3S. The van der Waals surface area contributed by atoms with Crippen molar-refractivity contribution in [1.29, 1.82) is 0 Å². The van der Waals surface area contributed by atoms with Gasteiger partial charge < -0.3 is 10.1 Å². The second-order valence-electron chi connectivity index (χ2n) is 5.72. The van der Waals surface area contributed by atoms with Crippen molar-refractivity contribution in [1.82, 2.24) is 9.97 Å². The molecule has 122 valence electrons. The highest BCUT2D eigenvalue weighted by molar-refractivity contribution is 7.96. The van der Waals surface area contributed by atoms with Crippen LogP contribution in [0.2, 0.25) is 0 Å². The number of H-pyrrole nitrogens is 1. The molecule has 24 heavy (non-hydrogen) atoms. The molecule has 1 heterocycles. The van der Waals surface area contributed by atoms with E-state index in [1.54, 1.807) is 0 Å². The zero-order valence-corrected chi connectivity index (χ0v) is 13.7. The van der Waals surface area contributed by atoms with Gasteiger partial charge >= 0.3 is 5.97 Å². The molecule has 5 nitrogen and oxygen atoms in total. The zero-order chi connectivity index (χ0) is 17.2. The van der Waals surface area contributed by atoms with E-state index in [1.807, 2.05) is 54.6 Å². The van der Waals surface area contributed by atoms with E-state index in [4.69, 9.17) is 0 Å². The lowest BCUT2D eigenvalue weighted by molar-refractivity contribution is -0.140. The number of hydrogen-bond donors (Lipinski definition) is 3. The van der Waals surface area contributed by atoms with Gasteiger partial charge in [-0.1, -0.05) is 42.5 Å². The van der Waals surface area contributed by atoms with Crippen molar-refractivity contribution in [3.05, 3.63) is 66.0 Å². The number of hydrogen-bond acceptors (Lipinski definition) is 3. The number of thiol groups is 1. The monoisotopic (exact) mass is 340 g/mol. The van der Waals surface area contributed by atoms with Crippen LogP contribution in [0.1, 0.15) is 17.8 Å². The smallest absolute Gasteiger partial charge is 0.304 e. The van der Waals surface area contributed by atoms with E-state index in [0.717, 1.165) is 11.1 Å². The van der Waals surface area contributed by atoms with Crippen molar-refractivity contribution >= 4 is 34.7 Å². The van der Waals surface area contributed by atoms with Gasteiger partial charge in [0, 0.05) is 0 Å². The first-order valence-electron chi connectivity index (χ1n) is 7.45. The molecule has 2 aromatic carbocycles. The van der Waals surface area contributed by atoms with Gasteiger partial charge in [-0.3, -0.25) is 9.59 Å². The Hall–Kier alpha value is -2.60. The molecule has 0 aliphatic rings. The number of imidazole rings is 1. The lowest BCUT2D eigenvalue weighted by atomic mass is 9.79. The maximum Gasteiger partial charge on any atom is 0.304 e. The number of fused-ring (bicyclic) bond motifs is 1. The standard InChI is InChI=1S/C18H16N2O3S/c21-15(22)11-18(17(23)24,10-12-6-2-1-3-7-12)16-19-13-8-4-5-9-14(13)20-16/h1-9H,10-11H2,(H,19,20)(H,21,22)(H,23,24). The van der Waals surface area contributed by atoms with E-state index in [1.165, 1.54) is 0 Å². The summed E-state index contributed by atoms with van der Waals surface area (Å²) in [7, 11) is 0. The highest BCUT2D eigenvalue weighted by Crippen LogP contribution is 2.34. The van der Waals surface area contributed by atoms with E-state index < -0.39 is 16.5 Å². The summed E-state index contributed by atoms with van der Waals surface area (Å²) in [5.41, 5.74) is 0.936. The van der Waals surface area contributed by atoms with Crippen molar-refractivity contribution in [2.24, 2.45) is 0 Å². The molecule has 0 spiro atoms. The number of carbonyl (C=O) groups is 2. The van der Waals surface area contributed by atoms with Crippen molar-refractivity contribution in [3.63, 3.8) is 0 Å². The molecule has 1 aromatic heterocycles. The Morgan fingerprint density at radius 1 is 1.08 bits per heavy atom. The lowest BCUT2D eigenvalue weighted by Gasteiger charge is -2.27. The van der Waals surface area contributed by atoms with Gasteiger partial charge in [0.05, 0.1) is 17.5 Å². The van der Waals surface area contributed by atoms with Crippen molar-refractivity contribution in [2.45, 2.75) is 18.3 Å². The van der Waals surface area contributed by atoms with E-state index >= 15 is 0 Å². The minimum atomic E-state index is -1.35. The number of nitrogens with zero attached hydrogens (tertiary/aromatic N) is 1. The fraction of sp³-hybridized carbons (Fsp3) is 0.167. The highest BCUT2D eigenvalue weighted by Gasteiger charge is 2.43. The van der Waals surface area contributed by atoms with E-state index in [0.29, 0.717) is 11.3 Å². The Kier molecular flexibility index (Phi) is 4.40. The third kappa shape index (κ3) is 3.05. The number of carbonyl (C=O) groups excluding carboxylic acids is 1. The maximum absolute atomic E-state index is 12.4. The Morgan fingerprint density at radius 3 is 2.38 bits per heavy atom. The van der Waals surface area contributed by atoms with Gasteiger partial charge in [-0.25, -0.2) is 4.98 Å². The van der Waals surface area contributed by atoms with Crippen LogP contribution in [0, 0.1) is 0 Å². The van der Waals surface area contributed by atoms with Crippen molar-refractivity contribution in [2.75, 3.05) is 0 Å². The molecule has 0 saturated carbocycles. The van der Waals surface area contributed by atoms with E-state index in [-0.39, 0.29) is 12.8 Å². The zero-order valence-electron chi connectivity index (χ0n) is 12.8. The molecule has 0 fully saturated rings. The molecule has 2 N–H and O–H groups in total. The fourth-order valence-corrected chi connectivity index (χ4v) is 3.13. The second-order valence-corrected chi connectivity index (χ2v) is 6.13. The van der Waals surface area contributed by atoms with Gasteiger partial charge in [0.1, 0.15) is 11.2 Å². The number of aromatic amines is 1. The van der Waals surface area contributed by atoms with Gasteiger partial charge in [0.15, 0.2) is 0 Å². The summed E-state index contributed by atoms with van der Waals surface area (Å²) in [5, 5.41) is 8.86. The Morgan fingerprint density at radius 2 is 1.75 bits per heavy atom. The predicted octanol–water partition coefficient (Wildman–Crippen LogP) is 2.97. The van der Waals surface area contributed by atoms with Crippen LogP contribution < -0.4 is 0 Å². The maximum atomic E-state index is 12.4. The van der Waals surface area contributed by atoms with Crippen molar-refractivity contribution in [3.8, 4) is 0 Å². The fourth-order valence-electron chi connectivity index (χ4n) is 2.86. The molecule has 6 heteroatoms. The number of carboxylic acid groups (broad SMARTS) is 1. The minimum Gasteiger partial charge on any atom is -0.481 e. The average Bonchev–Trinajstić information content (AvgIpc) is 2.99. The SMILES string of the molecule is O=C(O)CC(Cc1ccccc1)(C(=O)S)c1nc2ccccc2[nH]1. The predicted molar refractivity (Wildman–Crippen MR) is 94.2 cm³/mol. The number of nitrogens with one attached hydrogen (secondary N) is 1. The van der Waals surface area contributed by atoms with Crippen LogP contribution in [-0.2, 0) is 21.4 Å². The summed E-state index contributed by atoms with van der Waals surface area (Å²) in [5.74, 6) is -0.747. The first-order valence-corrected chi connectivity index (χ1v) is 7.90. The van der Waals surface area contributed by atoms with Crippen LogP contribution in [-0.4, -0.2) is 26.2 Å². The van der Waals surface area contributed by atoms with Crippen LogP contribution >= 0.6 is 12.6 Å². The third-order valence-corrected chi connectivity index (χ3v) is 4.48. The quantitative estimate of drug-likeness (QED) is 0.603. The highest BCUT2D eigenvalue weighted by atomic mass is 32.1. The lowest BCUT2D eigenvalue weighted by Crippen LogP contribution is -2.39. The van der Waals surface area contributed by atoms with Gasteiger partial charge in [-0.2, -0.15) is 0 Å².